The summed E-state index contributed by atoms with van der Waals surface area (Å²) in [4.78, 5) is 11.9. The molecular weight excluding hydrogens is 233 g/mol. The number of halogens is 2. The molecule has 0 saturated carbocycles. The Labute approximate surface area is 99.6 Å². The van der Waals surface area contributed by atoms with Gasteiger partial charge in [-0.15, -0.1) is 0 Å². The van der Waals surface area contributed by atoms with Crippen molar-refractivity contribution in [3.05, 3.63) is 33.8 Å². The lowest BCUT2D eigenvalue weighted by molar-refractivity contribution is 0.0952. The molecular formula is C11H13Cl2NO. The minimum atomic E-state index is -0.228. The lowest BCUT2D eigenvalue weighted by Gasteiger charge is -2.12. The molecule has 0 amide bonds. The first-order valence-corrected chi connectivity index (χ1v) is 5.54. The summed E-state index contributed by atoms with van der Waals surface area (Å²) in [6, 6.07) is 4.67. The average Bonchev–Trinajstić information content (AvgIpc) is 2.17. The van der Waals surface area contributed by atoms with Crippen molar-refractivity contribution >= 4 is 29.0 Å². The summed E-state index contributed by atoms with van der Waals surface area (Å²) in [6.45, 7) is 4.52. The molecule has 0 saturated heterocycles. The van der Waals surface area contributed by atoms with E-state index in [1.54, 1.807) is 18.2 Å². The standard InChI is InChI=1S/C11H13Cl2NO/c1-3-14-7(2)11(15)9-5-4-8(12)6-10(9)13/h4-7,14H,3H2,1-2H3. The molecule has 0 radical (unpaired) electrons. The van der Waals surface area contributed by atoms with Crippen LogP contribution >= 0.6 is 23.2 Å². The van der Waals surface area contributed by atoms with Crippen molar-refractivity contribution in [2.45, 2.75) is 19.9 Å². The molecule has 1 unspecified atom stereocenters. The Hall–Kier alpha value is -0.570. The Morgan fingerprint density at radius 3 is 2.67 bits per heavy atom. The molecule has 82 valence electrons. The highest BCUT2D eigenvalue weighted by molar-refractivity contribution is 6.37. The van der Waals surface area contributed by atoms with Crippen LogP contribution in [0.4, 0.5) is 0 Å². The Morgan fingerprint density at radius 2 is 2.13 bits per heavy atom. The minimum Gasteiger partial charge on any atom is -0.308 e. The van der Waals surface area contributed by atoms with Crippen LogP contribution in [-0.2, 0) is 0 Å². The van der Waals surface area contributed by atoms with Crippen LogP contribution in [0.5, 0.6) is 0 Å². The molecule has 4 heteroatoms. The molecule has 1 atom stereocenters. The number of nitrogens with one attached hydrogen (secondary N) is 1. The van der Waals surface area contributed by atoms with Crippen molar-refractivity contribution in [1.82, 2.24) is 5.32 Å². The first-order valence-electron chi connectivity index (χ1n) is 4.79. The molecule has 0 aliphatic heterocycles. The monoisotopic (exact) mass is 245 g/mol. The van der Waals surface area contributed by atoms with Crippen molar-refractivity contribution < 1.29 is 4.79 Å². The van der Waals surface area contributed by atoms with E-state index in [4.69, 9.17) is 23.2 Å². The van der Waals surface area contributed by atoms with E-state index in [9.17, 15) is 4.79 Å². The Balaban J connectivity index is 2.91. The lowest BCUT2D eigenvalue weighted by atomic mass is 10.1. The topological polar surface area (TPSA) is 29.1 Å². The Bertz CT molecular complexity index is 366. The van der Waals surface area contributed by atoms with E-state index in [-0.39, 0.29) is 11.8 Å². The average molecular weight is 246 g/mol. The van der Waals surface area contributed by atoms with E-state index in [1.165, 1.54) is 0 Å². The van der Waals surface area contributed by atoms with Crippen LogP contribution in [0.3, 0.4) is 0 Å². The number of Topliss-reactive ketones (excluding diaryl/α,β-unsaturated/α-hetero) is 1. The van der Waals surface area contributed by atoms with Gasteiger partial charge >= 0.3 is 0 Å². The van der Waals surface area contributed by atoms with E-state index in [0.717, 1.165) is 6.54 Å². The van der Waals surface area contributed by atoms with Gasteiger partial charge in [-0.25, -0.2) is 0 Å². The van der Waals surface area contributed by atoms with Crippen molar-refractivity contribution in [2.24, 2.45) is 0 Å². The van der Waals surface area contributed by atoms with Gasteiger partial charge in [-0.1, -0.05) is 30.1 Å². The summed E-state index contributed by atoms with van der Waals surface area (Å²) in [7, 11) is 0. The first kappa shape index (κ1) is 12.5. The van der Waals surface area contributed by atoms with Gasteiger partial charge < -0.3 is 5.32 Å². The molecule has 0 spiro atoms. The fourth-order valence-corrected chi connectivity index (χ4v) is 1.82. The van der Waals surface area contributed by atoms with Crippen LogP contribution in [0.25, 0.3) is 0 Å². The van der Waals surface area contributed by atoms with Crippen LogP contribution in [-0.4, -0.2) is 18.4 Å². The van der Waals surface area contributed by atoms with Gasteiger partial charge in [0.15, 0.2) is 5.78 Å². The number of hydrogen-bond donors (Lipinski definition) is 1. The van der Waals surface area contributed by atoms with Gasteiger partial charge in [0.05, 0.1) is 11.1 Å². The summed E-state index contributed by atoms with van der Waals surface area (Å²) < 4.78 is 0. The number of likely N-dealkylation sites (N-methyl/N-ethyl adjacent to an activating group) is 1. The number of carbonyl (C=O) groups excluding carboxylic acids is 1. The smallest absolute Gasteiger partial charge is 0.180 e. The summed E-state index contributed by atoms with van der Waals surface area (Å²) >= 11 is 11.7. The Morgan fingerprint density at radius 1 is 1.47 bits per heavy atom. The molecule has 2 nitrogen and oxygen atoms in total. The Kier molecular flexibility index (Phi) is 4.58. The third kappa shape index (κ3) is 3.20. The van der Waals surface area contributed by atoms with Crippen molar-refractivity contribution in [3.63, 3.8) is 0 Å². The number of hydrogen-bond acceptors (Lipinski definition) is 2. The number of rotatable bonds is 4. The van der Waals surface area contributed by atoms with E-state index < -0.39 is 0 Å². The molecule has 1 aromatic carbocycles. The van der Waals surface area contributed by atoms with E-state index >= 15 is 0 Å². The highest BCUT2D eigenvalue weighted by atomic mass is 35.5. The van der Waals surface area contributed by atoms with Crippen LogP contribution < -0.4 is 5.32 Å². The van der Waals surface area contributed by atoms with Crippen LogP contribution in [0.15, 0.2) is 18.2 Å². The molecule has 0 heterocycles. The molecule has 1 N–H and O–H groups in total. The van der Waals surface area contributed by atoms with E-state index in [0.29, 0.717) is 15.6 Å². The van der Waals surface area contributed by atoms with Gasteiger partial charge in [-0.3, -0.25) is 4.79 Å². The van der Waals surface area contributed by atoms with Gasteiger partial charge in [0.25, 0.3) is 0 Å². The summed E-state index contributed by atoms with van der Waals surface area (Å²) in [5.41, 5.74) is 0.509. The molecule has 0 aliphatic carbocycles. The molecule has 0 aliphatic rings. The predicted octanol–water partition coefficient (Wildman–Crippen LogP) is 3.17. The van der Waals surface area contributed by atoms with E-state index in [1.807, 2.05) is 13.8 Å². The number of benzene rings is 1. The number of carbonyl (C=O) groups is 1. The van der Waals surface area contributed by atoms with Gasteiger partial charge in [-0.2, -0.15) is 0 Å². The minimum absolute atomic E-state index is 0.0153. The maximum atomic E-state index is 11.9. The van der Waals surface area contributed by atoms with E-state index in [2.05, 4.69) is 5.32 Å². The molecule has 1 aromatic rings. The van der Waals surface area contributed by atoms with Gasteiger partial charge in [0.2, 0.25) is 0 Å². The molecule has 0 fully saturated rings. The van der Waals surface area contributed by atoms with Gasteiger partial charge in [0, 0.05) is 10.6 Å². The second-order valence-electron chi connectivity index (χ2n) is 3.27. The van der Waals surface area contributed by atoms with Crippen molar-refractivity contribution in [2.75, 3.05) is 6.54 Å². The van der Waals surface area contributed by atoms with Crippen LogP contribution in [0.2, 0.25) is 10.0 Å². The zero-order valence-corrected chi connectivity index (χ0v) is 10.2. The van der Waals surface area contributed by atoms with Crippen LogP contribution in [0.1, 0.15) is 24.2 Å². The molecule has 0 aromatic heterocycles. The maximum Gasteiger partial charge on any atom is 0.180 e. The summed E-state index contributed by atoms with van der Waals surface area (Å²) in [5, 5.41) is 3.98. The third-order valence-electron chi connectivity index (χ3n) is 2.10. The predicted molar refractivity (Wildman–Crippen MR) is 63.9 cm³/mol. The maximum absolute atomic E-state index is 11.9. The fourth-order valence-electron chi connectivity index (χ4n) is 1.32. The summed E-state index contributed by atoms with van der Waals surface area (Å²) in [6.07, 6.45) is 0. The molecule has 0 bridgehead atoms. The normalized spacial score (nSPS) is 12.5. The molecule has 15 heavy (non-hydrogen) atoms. The van der Waals surface area contributed by atoms with Crippen molar-refractivity contribution in [3.8, 4) is 0 Å². The SMILES string of the molecule is CCNC(C)C(=O)c1ccc(Cl)cc1Cl. The highest BCUT2D eigenvalue weighted by Crippen LogP contribution is 2.22. The van der Waals surface area contributed by atoms with Crippen LogP contribution in [0, 0.1) is 0 Å². The lowest BCUT2D eigenvalue weighted by Crippen LogP contribution is -2.33. The van der Waals surface area contributed by atoms with Gasteiger partial charge in [0.1, 0.15) is 0 Å². The third-order valence-corrected chi connectivity index (χ3v) is 2.65. The number of ketones is 1. The second-order valence-corrected chi connectivity index (χ2v) is 4.11. The zero-order valence-electron chi connectivity index (χ0n) is 8.68. The fraction of sp³-hybridized carbons (Fsp3) is 0.364. The zero-order chi connectivity index (χ0) is 11.4. The highest BCUT2D eigenvalue weighted by Gasteiger charge is 2.16. The van der Waals surface area contributed by atoms with Gasteiger partial charge in [-0.05, 0) is 31.7 Å². The van der Waals surface area contributed by atoms with Crippen molar-refractivity contribution in [1.29, 1.82) is 0 Å². The second kappa shape index (κ2) is 5.50. The molecule has 1 rings (SSSR count). The first-order chi connectivity index (χ1) is 7.06. The largest absolute Gasteiger partial charge is 0.308 e. The quantitative estimate of drug-likeness (QED) is 0.826. The summed E-state index contributed by atoms with van der Waals surface area (Å²) in [5.74, 6) is -0.0153.